The van der Waals surface area contributed by atoms with E-state index in [1.165, 1.54) is 0 Å². The SMILES string of the molecule is COc1cccc(CNC(=O)Nc2ncc([N+](=O)O)s2)c1. The van der Waals surface area contributed by atoms with E-state index in [2.05, 4.69) is 15.6 Å². The summed E-state index contributed by atoms with van der Waals surface area (Å²) in [5.41, 5.74) is 0.880. The highest BCUT2D eigenvalue weighted by Gasteiger charge is 2.17. The molecule has 1 aromatic carbocycles. The number of thiazole rings is 1. The van der Waals surface area contributed by atoms with E-state index in [1.807, 2.05) is 24.3 Å². The molecule has 0 aliphatic heterocycles. The van der Waals surface area contributed by atoms with Crippen molar-refractivity contribution in [2.75, 3.05) is 12.4 Å². The van der Waals surface area contributed by atoms with Crippen LogP contribution in [0, 0.1) is 4.91 Å². The number of nitrogens with one attached hydrogen (secondary N) is 2. The predicted molar refractivity (Wildman–Crippen MR) is 76.0 cm³/mol. The largest absolute Gasteiger partial charge is 0.497 e. The number of urea groups is 1. The molecule has 2 amide bonds. The Kier molecular flexibility index (Phi) is 4.67. The average Bonchev–Trinajstić information content (AvgIpc) is 2.94. The molecule has 0 saturated carbocycles. The summed E-state index contributed by atoms with van der Waals surface area (Å²) in [6.07, 6.45) is 1.16. The van der Waals surface area contributed by atoms with Gasteiger partial charge in [-0.1, -0.05) is 12.1 Å². The molecule has 0 fully saturated rings. The summed E-state index contributed by atoms with van der Waals surface area (Å²) in [5, 5.41) is 14.0. The zero-order valence-electron chi connectivity index (χ0n) is 11.1. The minimum atomic E-state index is -0.464. The standard InChI is InChI=1S/C12H12N4O4S/c1-20-9-4-2-3-8(5-9)6-13-11(17)15-12-14-7-10(21-12)16(18)19/h2-5,7H,6H2,1H3,(H2-,13,14,15,17,18,19)/p+1. The smallest absolute Gasteiger partial charge is 0.392 e. The van der Waals surface area contributed by atoms with Gasteiger partial charge in [-0.25, -0.2) is 15.0 Å². The Morgan fingerprint density at radius 2 is 2.33 bits per heavy atom. The third kappa shape index (κ3) is 4.14. The fourth-order valence-corrected chi connectivity index (χ4v) is 2.15. The van der Waals surface area contributed by atoms with Crippen molar-refractivity contribution in [3.05, 3.63) is 40.9 Å². The van der Waals surface area contributed by atoms with Gasteiger partial charge >= 0.3 is 11.0 Å². The van der Waals surface area contributed by atoms with Crippen LogP contribution in [0.4, 0.5) is 14.9 Å². The second-order valence-corrected chi connectivity index (χ2v) is 4.94. The van der Waals surface area contributed by atoms with Crippen LogP contribution in [0.2, 0.25) is 0 Å². The molecule has 0 unspecified atom stereocenters. The Hall–Kier alpha value is -2.68. The Morgan fingerprint density at radius 1 is 1.52 bits per heavy atom. The maximum atomic E-state index is 11.7. The first-order chi connectivity index (χ1) is 10.1. The van der Waals surface area contributed by atoms with E-state index in [0.29, 0.717) is 12.3 Å². The van der Waals surface area contributed by atoms with Crippen molar-refractivity contribution in [3.8, 4) is 5.75 Å². The lowest BCUT2D eigenvalue weighted by molar-refractivity contribution is -0.727. The van der Waals surface area contributed by atoms with Gasteiger partial charge in [-0.3, -0.25) is 5.32 Å². The van der Waals surface area contributed by atoms with Crippen LogP contribution in [0.3, 0.4) is 0 Å². The summed E-state index contributed by atoms with van der Waals surface area (Å²) < 4.78 is 5.09. The van der Waals surface area contributed by atoms with Crippen molar-refractivity contribution in [2.45, 2.75) is 6.54 Å². The maximum Gasteiger partial charge on any atom is 0.392 e. The van der Waals surface area contributed by atoms with E-state index in [1.54, 1.807) is 7.11 Å². The summed E-state index contributed by atoms with van der Waals surface area (Å²) >= 11 is 0.857. The number of rotatable bonds is 5. The second-order valence-electron chi connectivity index (χ2n) is 3.94. The molecule has 3 N–H and O–H groups in total. The van der Waals surface area contributed by atoms with Crippen LogP contribution < -0.4 is 15.4 Å². The molecule has 8 nitrogen and oxygen atoms in total. The highest BCUT2D eigenvalue weighted by atomic mass is 32.1. The molecule has 2 aromatic rings. The molecular weight excluding hydrogens is 296 g/mol. The molecule has 0 saturated heterocycles. The van der Waals surface area contributed by atoms with Crippen molar-refractivity contribution < 1.29 is 19.7 Å². The number of amides is 2. The van der Waals surface area contributed by atoms with Crippen molar-refractivity contribution in [1.82, 2.24) is 10.3 Å². The van der Waals surface area contributed by atoms with E-state index in [-0.39, 0.29) is 15.1 Å². The van der Waals surface area contributed by atoms with E-state index in [0.717, 1.165) is 23.1 Å². The third-order valence-electron chi connectivity index (χ3n) is 2.49. The molecule has 1 aromatic heterocycles. The van der Waals surface area contributed by atoms with Crippen LogP contribution in [0.1, 0.15) is 5.56 Å². The average molecular weight is 309 g/mol. The van der Waals surface area contributed by atoms with Gasteiger partial charge in [0.25, 0.3) is 4.92 Å². The minimum Gasteiger partial charge on any atom is -0.497 e. The highest BCUT2D eigenvalue weighted by molar-refractivity contribution is 7.18. The maximum absolute atomic E-state index is 11.7. The van der Waals surface area contributed by atoms with E-state index in [9.17, 15) is 9.70 Å². The lowest BCUT2D eigenvalue weighted by Gasteiger charge is -2.06. The number of ether oxygens (including phenoxy) is 1. The molecular formula is C12H13N4O4S+. The van der Waals surface area contributed by atoms with E-state index < -0.39 is 6.03 Å². The number of carbonyl (C=O) groups excluding carboxylic acids is 1. The Balaban J connectivity index is 1.87. The first-order valence-electron chi connectivity index (χ1n) is 5.88. The fourth-order valence-electron chi connectivity index (χ4n) is 1.52. The van der Waals surface area contributed by atoms with E-state index >= 15 is 0 Å². The molecule has 110 valence electrons. The Labute approximate surface area is 123 Å². The molecule has 0 aliphatic rings. The van der Waals surface area contributed by atoms with Crippen molar-refractivity contribution in [3.63, 3.8) is 0 Å². The number of benzene rings is 1. The number of hydrogen-bond acceptors (Lipinski definition) is 5. The minimum absolute atomic E-state index is 0.0157. The first-order valence-corrected chi connectivity index (χ1v) is 6.70. The molecule has 0 bridgehead atoms. The monoisotopic (exact) mass is 309 g/mol. The van der Waals surface area contributed by atoms with Gasteiger partial charge in [0.1, 0.15) is 11.9 Å². The Bertz CT molecular complexity index is 658. The van der Waals surface area contributed by atoms with Gasteiger partial charge in [0.05, 0.1) is 12.0 Å². The summed E-state index contributed by atoms with van der Waals surface area (Å²) in [7, 11) is 1.57. The van der Waals surface area contributed by atoms with Crippen LogP contribution >= 0.6 is 11.3 Å². The summed E-state index contributed by atoms with van der Waals surface area (Å²) in [5.74, 6) is 0.706. The first kappa shape index (κ1) is 14.7. The molecule has 0 spiro atoms. The summed E-state index contributed by atoms with van der Waals surface area (Å²) in [6.45, 7) is 0.314. The van der Waals surface area contributed by atoms with Gasteiger partial charge in [-0.15, -0.1) is 0 Å². The molecule has 0 atom stereocenters. The molecule has 0 aliphatic carbocycles. The van der Waals surface area contributed by atoms with Gasteiger partial charge in [-0.2, -0.15) is 0 Å². The quantitative estimate of drug-likeness (QED) is 0.735. The van der Waals surface area contributed by atoms with Gasteiger partial charge in [0.2, 0.25) is 0 Å². The summed E-state index contributed by atoms with van der Waals surface area (Å²) in [4.78, 5) is 25.8. The van der Waals surface area contributed by atoms with Gasteiger partial charge < -0.3 is 10.1 Å². The third-order valence-corrected chi connectivity index (χ3v) is 3.36. The van der Waals surface area contributed by atoms with Crippen molar-refractivity contribution in [1.29, 1.82) is 0 Å². The topological polar surface area (TPSA) is 104 Å². The number of anilines is 1. The fraction of sp³-hybridized carbons (Fsp3) is 0.167. The van der Waals surface area contributed by atoms with Gasteiger partial charge in [0, 0.05) is 6.54 Å². The predicted octanol–water partition coefficient (Wildman–Crippen LogP) is 2.27. The summed E-state index contributed by atoms with van der Waals surface area (Å²) in [6, 6.07) is 6.83. The van der Waals surface area contributed by atoms with Gasteiger partial charge in [0.15, 0.2) is 5.13 Å². The highest BCUT2D eigenvalue weighted by Crippen LogP contribution is 2.24. The molecule has 9 heteroatoms. The number of hydrogen-bond donors (Lipinski definition) is 3. The Morgan fingerprint density at radius 3 is 3.00 bits per heavy atom. The molecule has 2 rings (SSSR count). The lowest BCUT2D eigenvalue weighted by atomic mass is 10.2. The van der Waals surface area contributed by atoms with Crippen LogP contribution in [0.5, 0.6) is 5.75 Å². The molecule has 0 radical (unpaired) electrons. The number of nitrogens with zero attached hydrogens (tertiary/aromatic N) is 2. The van der Waals surface area contributed by atoms with E-state index in [4.69, 9.17) is 9.94 Å². The zero-order chi connectivity index (χ0) is 15.2. The van der Waals surface area contributed by atoms with Crippen LogP contribution in [-0.4, -0.2) is 28.3 Å². The van der Waals surface area contributed by atoms with Crippen LogP contribution in [0.15, 0.2) is 30.5 Å². The van der Waals surface area contributed by atoms with Crippen molar-refractivity contribution in [2.24, 2.45) is 0 Å². The van der Waals surface area contributed by atoms with Crippen LogP contribution in [0.25, 0.3) is 0 Å². The molecule has 21 heavy (non-hydrogen) atoms. The zero-order valence-corrected chi connectivity index (χ0v) is 11.9. The number of carbonyl (C=O) groups is 1. The normalized spacial score (nSPS) is 9.95. The number of aromatic nitrogens is 1. The van der Waals surface area contributed by atoms with Crippen LogP contribution in [-0.2, 0) is 6.54 Å². The second kappa shape index (κ2) is 6.66. The molecule has 1 heterocycles. The number of methoxy groups -OCH3 is 1. The van der Waals surface area contributed by atoms with Gasteiger partial charge in [-0.05, 0) is 29.0 Å². The lowest BCUT2D eigenvalue weighted by Crippen LogP contribution is -2.28. The van der Waals surface area contributed by atoms with Crippen molar-refractivity contribution >= 4 is 27.5 Å².